The van der Waals surface area contributed by atoms with E-state index in [1.54, 1.807) is 29.2 Å². The molecule has 0 bridgehead atoms. The summed E-state index contributed by atoms with van der Waals surface area (Å²) in [4.78, 5) is 10.6. The van der Waals surface area contributed by atoms with Gasteiger partial charge in [-0.15, -0.1) is 0 Å². The van der Waals surface area contributed by atoms with Crippen molar-refractivity contribution in [3.63, 3.8) is 0 Å². The Morgan fingerprint density at radius 2 is 1.90 bits per heavy atom. The maximum absolute atomic E-state index is 13.9. The molecule has 98 valence electrons. The third-order valence-electron chi connectivity index (χ3n) is 3.04. The van der Waals surface area contributed by atoms with Gasteiger partial charge in [0.2, 0.25) is 0 Å². The van der Waals surface area contributed by atoms with Crippen molar-refractivity contribution < 1.29 is 9.18 Å². The minimum atomic E-state index is -0.429. The Balaban J connectivity index is 2.00. The van der Waals surface area contributed by atoms with E-state index in [0.717, 1.165) is 5.69 Å². The molecule has 0 aliphatic rings. The standard InChI is InChI=1S/C16H11FN2O/c17-16-8-12(11-20)6-7-15(16)13-9-18-19(10-13)14-4-2-1-3-5-14/h1-11H. The SMILES string of the molecule is O=Cc1ccc(-c2cnn(-c3ccccc3)c2)c(F)c1. The third-order valence-corrected chi connectivity index (χ3v) is 3.04. The molecule has 0 saturated heterocycles. The predicted molar refractivity (Wildman–Crippen MR) is 74.3 cm³/mol. The molecule has 4 heteroatoms. The number of aromatic nitrogens is 2. The summed E-state index contributed by atoms with van der Waals surface area (Å²) in [6.07, 6.45) is 3.99. The summed E-state index contributed by atoms with van der Waals surface area (Å²) in [5.41, 5.74) is 2.33. The second kappa shape index (κ2) is 5.09. The van der Waals surface area contributed by atoms with Crippen LogP contribution in [0.2, 0.25) is 0 Å². The molecule has 0 radical (unpaired) electrons. The number of para-hydroxylation sites is 1. The third kappa shape index (κ3) is 2.23. The van der Waals surface area contributed by atoms with Gasteiger partial charge >= 0.3 is 0 Å². The second-order valence-electron chi connectivity index (χ2n) is 4.37. The van der Waals surface area contributed by atoms with Gasteiger partial charge in [-0.25, -0.2) is 9.07 Å². The molecule has 0 amide bonds. The first-order chi connectivity index (χ1) is 9.78. The summed E-state index contributed by atoms with van der Waals surface area (Å²) < 4.78 is 15.6. The highest BCUT2D eigenvalue weighted by Gasteiger charge is 2.09. The lowest BCUT2D eigenvalue weighted by atomic mass is 10.1. The zero-order valence-corrected chi connectivity index (χ0v) is 10.5. The summed E-state index contributed by atoms with van der Waals surface area (Å²) in [6.45, 7) is 0. The van der Waals surface area contributed by atoms with Crippen LogP contribution in [0, 0.1) is 5.82 Å². The first-order valence-electron chi connectivity index (χ1n) is 6.13. The first kappa shape index (κ1) is 12.3. The summed E-state index contributed by atoms with van der Waals surface area (Å²) in [5, 5.41) is 4.23. The summed E-state index contributed by atoms with van der Waals surface area (Å²) in [6, 6.07) is 14.0. The van der Waals surface area contributed by atoms with Crippen LogP contribution in [-0.4, -0.2) is 16.1 Å². The van der Waals surface area contributed by atoms with E-state index >= 15 is 0 Å². The summed E-state index contributed by atoms with van der Waals surface area (Å²) >= 11 is 0. The van der Waals surface area contributed by atoms with Crippen molar-refractivity contribution in [1.82, 2.24) is 9.78 Å². The zero-order valence-electron chi connectivity index (χ0n) is 10.5. The molecule has 3 aromatic rings. The van der Waals surface area contributed by atoms with E-state index in [-0.39, 0.29) is 0 Å². The summed E-state index contributed by atoms with van der Waals surface area (Å²) in [5.74, 6) is -0.429. The lowest BCUT2D eigenvalue weighted by Gasteiger charge is -2.01. The van der Waals surface area contributed by atoms with Crippen molar-refractivity contribution in [3.05, 3.63) is 72.3 Å². The van der Waals surface area contributed by atoms with Gasteiger partial charge in [0.05, 0.1) is 11.9 Å². The van der Waals surface area contributed by atoms with Gasteiger partial charge in [0.15, 0.2) is 0 Å². The summed E-state index contributed by atoms with van der Waals surface area (Å²) in [7, 11) is 0. The Morgan fingerprint density at radius 1 is 1.10 bits per heavy atom. The molecule has 0 N–H and O–H groups in total. The van der Waals surface area contributed by atoms with E-state index in [9.17, 15) is 9.18 Å². The number of benzene rings is 2. The van der Waals surface area contributed by atoms with Crippen molar-refractivity contribution in [2.45, 2.75) is 0 Å². The van der Waals surface area contributed by atoms with Gasteiger partial charge in [-0.05, 0) is 18.2 Å². The molecule has 1 aromatic heterocycles. The molecule has 2 aromatic carbocycles. The number of halogens is 1. The smallest absolute Gasteiger partial charge is 0.150 e. The minimum absolute atomic E-state index is 0.321. The molecule has 20 heavy (non-hydrogen) atoms. The van der Waals surface area contributed by atoms with E-state index in [2.05, 4.69) is 5.10 Å². The van der Waals surface area contributed by atoms with Gasteiger partial charge < -0.3 is 0 Å². The van der Waals surface area contributed by atoms with Crippen molar-refractivity contribution in [1.29, 1.82) is 0 Å². The largest absolute Gasteiger partial charge is 0.298 e. The average Bonchev–Trinajstić information content (AvgIpc) is 2.97. The van der Waals surface area contributed by atoms with Gasteiger partial charge in [0.1, 0.15) is 12.1 Å². The van der Waals surface area contributed by atoms with Gasteiger partial charge in [-0.1, -0.05) is 30.3 Å². The lowest BCUT2D eigenvalue weighted by Crippen LogP contribution is -1.92. The van der Waals surface area contributed by atoms with E-state index < -0.39 is 5.82 Å². The Labute approximate surface area is 115 Å². The predicted octanol–water partition coefficient (Wildman–Crippen LogP) is 3.49. The van der Waals surface area contributed by atoms with Crippen LogP contribution >= 0.6 is 0 Å². The maximum Gasteiger partial charge on any atom is 0.150 e. The number of carbonyl (C=O) groups excluding carboxylic acids is 1. The Bertz CT molecular complexity index is 750. The molecular weight excluding hydrogens is 255 g/mol. The monoisotopic (exact) mass is 266 g/mol. The highest BCUT2D eigenvalue weighted by molar-refractivity contribution is 5.77. The topological polar surface area (TPSA) is 34.9 Å². The van der Waals surface area contributed by atoms with Crippen molar-refractivity contribution in [3.8, 4) is 16.8 Å². The van der Waals surface area contributed by atoms with Gasteiger partial charge in [-0.3, -0.25) is 4.79 Å². The average molecular weight is 266 g/mol. The van der Waals surface area contributed by atoms with Crippen LogP contribution in [0.5, 0.6) is 0 Å². The Morgan fingerprint density at radius 3 is 2.60 bits per heavy atom. The fraction of sp³-hybridized carbons (Fsp3) is 0. The molecule has 0 aliphatic carbocycles. The van der Waals surface area contributed by atoms with Crippen LogP contribution in [0.1, 0.15) is 10.4 Å². The van der Waals surface area contributed by atoms with Gasteiger partial charge in [0, 0.05) is 22.9 Å². The Hall–Kier alpha value is -2.75. The lowest BCUT2D eigenvalue weighted by molar-refractivity contribution is 0.112. The molecule has 3 nitrogen and oxygen atoms in total. The highest BCUT2D eigenvalue weighted by Crippen LogP contribution is 2.23. The maximum atomic E-state index is 13.9. The fourth-order valence-electron chi connectivity index (χ4n) is 2.02. The molecule has 0 aliphatic heterocycles. The molecule has 0 unspecified atom stereocenters. The van der Waals surface area contributed by atoms with Gasteiger partial charge in [0.25, 0.3) is 0 Å². The van der Waals surface area contributed by atoms with E-state index in [0.29, 0.717) is 23.0 Å². The van der Waals surface area contributed by atoms with Crippen LogP contribution in [0.15, 0.2) is 60.9 Å². The number of hydrogen-bond acceptors (Lipinski definition) is 2. The quantitative estimate of drug-likeness (QED) is 0.680. The van der Waals surface area contributed by atoms with Crippen LogP contribution in [0.25, 0.3) is 16.8 Å². The fourth-order valence-corrected chi connectivity index (χ4v) is 2.02. The van der Waals surface area contributed by atoms with Crippen molar-refractivity contribution >= 4 is 6.29 Å². The molecule has 0 atom stereocenters. The van der Waals surface area contributed by atoms with Crippen molar-refractivity contribution in [2.75, 3.05) is 0 Å². The normalized spacial score (nSPS) is 10.4. The molecule has 0 saturated carbocycles. The van der Waals surface area contributed by atoms with Crippen LogP contribution < -0.4 is 0 Å². The van der Waals surface area contributed by atoms with Gasteiger partial charge in [-0.2, -0.15) is 5.10 Å². The minimum Gasteiger partial charge on any atom is -0.298 e. The molecular formula is C16H11FN2O. The first-order valence-corrected chi connectivity index (χ1v) is 6.13. The van der Waals surface area contributed by atoms with Crippen molar-refractivity contribution in [2.24, 2.45) is 0 Å². The number of nitrogens with zero attached hydrogens (tertiary/aromatic N) is 2. The number of carbonyl (C=O) groups is 1. The number of hydrogen-bond donors (Lipinski definition) is 0. The van der Waals surface area contributed by atoms with Crippen LogP contribution in [0.4, 0.5) is 4.39 Å². The molecule has 0 fully saturated rings. The van der Waals surface area contributed by atoms with Crippen LogP contribution in [0.3, 0.4) is 0 Å². The van der Waals surface area contributed by atoms with E-state index in [1.807, 2.05) is 30.3 Å². The second-order valence-corrected chi connectivity index (χ2v) is 4.37. The van der Waals surface area contributed by atoms with E-state index in [4.69, 9.17) is 0 Å². The van der Waals surface area contributed by atoms with E-state index in [1.165, 1.54) is 6.07 Å². The number of aldehydes is 1. The molecule has 3 rings (SSSR count). The molecule has 1 heterocycles. The highest BCUT2D eigenvalue weighted by atomic mass is 19.1. The number of rotatable bonds is 3. The van der Waals surface area contributed by atoms with Crippen LogP contribution in [-0.2, 0) is 0 Å². The zero-order chi connectivity index (χ0) is 13.9. The Kier molecular flexibility index (Phi) is 3.13. The molecule has 0 spiro atoms.